The van der Waals surface area contributed by atoms with Gasteiger partial charge in [-0.15, -0.1) is 0 Å². The van der Waals surface area contributed by atoms with E-state index in [2.05, 4.69) is 5.48 Å². The molecule has 0 aliphatic rings. The summed E-state index contributed by atoms with van der Waals surface area (Å²) >= 11 is 0. The fraction of sp³-hybridized carbons (Fsp3) is 0.385. The van der Waals surface area contributed by atoms with Gasteiger partial charge >= 0.3 is 5.97 Å². The molecule has 1 unspecified atom stereocenters. The van der Waals surface area contributed by atoms with Crippen LogP contribution >= 0.6 is 0 Å². The first-order chi connectivity index (χ1) is 8.58. The molecule has 0 spiro atoms. The molecular weight excluding hydrogens is 234 g/mol. The molecule has 0 radical (unpaired) electrons. The molecule has 1 N–H and O–H groups in total. The minimum absolute atomic E-state index is 0.186. The second-order valence-electron chi connectivity index (χ2n) is 3.89. The lowest BCUT2D eigenvalue weighted by Crippen LogP contribution is -2.31. The van der Waals surface area contributed by atoms with Crippen LogP contribution in [0.25, 0.3) is 0 Å². The van der Waals surface area contributed by atoms with Crippen molar-refractivity contribution in [3.63, 3.8) is 0 Å². The van der Waals surface area contributed by atoms with Crippen molar-refractivity contribution < 1.29 is 19.2 Å². The van der Waals surface area contributed by atoms with E-state index in [-0.39, 0.29) is 11.8 Å². The molecule has 18 heavy (non-hydrogen) atoms. The number of hydroxylamine groups is 1. The van der Waals surface area contributed by atoms with Gasteiger partial charge in [-0.2, -0.15) is 5.48 Å². The van der Waals surface area contributed by atoms with Gasteiger partial charge < -0.3 is 9.57 Å². The van der Waals surface area contributed by atoms with Crippen LogP contribution in [0.5, 0.6) is 5.75 Å². The van der Waals surface area contributed by atoms with Gasteiger partial charge in [-0.1, -0.05) is 13.8 Å². The Hall–Kier alpha value is -2.04. The van der Waals surface area contributed by atoms with E-state index < -0.39 is 5.97 Å². The highest BCUT2D eigenvalue weighted by Crippen LogP contribution is 2.11. The number of benzene rings is 1. The Morgan fingerprint density at radius 3 is 2.39 bits per heavy atom. The summed E-state index contributed by atoms with van der Waals surface area (Å²) in [6.07, 6.45) is 0.686. The second-order valence-corrected chi connectivity index (χ2v) is 3.89. The molecule has 98 valence electrons. The monoisotopic (exact) mass is 251 g/mol. The van der Waals surface area contributed by atoms with Crippen LogP contribution in [0.15, 0.2) is 24.3 Å². The smallest absolute Gasteiger partial charge is 0.362 e. The summed E-state index contributed by atoms with van der Waals surface area (Å²) in [7, 11) is 1.54. The summed E-state index contributed by atoms with van der Waals surface area (Å²) in [6.45, 7) is 3.64. The average Bonchev–Trinajstić information content (AvgIpc) is 2.43. The molecule has 1 aromatic carbocycles. The summed E-state index contributed by atoms with van der Waals surface area (Å²) in [5.74, 6) is -0.447. The minimum Gasteiger partial charge on any atom is -0.497 e. The number of ether oxygens (including phenoxy) is 1. The summed E-state index contributed by atoms with van der Waals surface area (Å²) in [6, 6.07) is 6.42. The Morgan fingerprint density at radius 1 is 1.28 bits per heavy atom. The van der Waals surface area contributed by atoms with Crippen LogP contribution in [0.2, 0.25) is 0 Å². The Morgan fingerprint density at radius 2 is 1.89 bits per heavy atom. The molecular formula is C13H17NO4. The molecule has 0 fully saturated rings. The molecule has 0 saturated heterocycles. The maximum absolute atomic E-state index is 11.6. The van der Waals surface area contributed by atoms with Crippen LogP contribution in [-0.4, -0.2) is 19.0 Å². The third kappa shape index (κ3) is 3.76. The number of hydrogen-bond donors (Lipinski definition) is 1. The highest BCUT2D eigenvalue weighted by Gasteiger charge is 2.13. The quantitative estimate of drug-likeness (QED) is 0.830. The predicted octanol–water partition coefficient (Wildman–Crippen LogP) is 1.93. The number of hydrogen-bond acceptors (Lipinski definition) is 4. The molecule has 0 saturated carbocycles. The van der Waals surface area contributed by atoms with E-state index in [1.165, 1.54) is 0 Å². The van der Waals surface area contributed by atoms with E-state index in [1.807, 2.05) is 6.92 Å². The van der Waals surface area contributed by atoms with Gasteiger partial charge in [0.25, 0.3) is 5.91 Å². The molecule has 0 aliphatic heterocycles. The summed E-state index contributed by atoms with van der Waals surface area (Å²) in [4.78, 5) is 27.7. The zero-order chi connectivity index (χ0) is 13.5. The maximum atomic E-state index is 11.6. The van der Waals surface area contributed by atoms with Crippen molar-refractivity contribution in [1.29, 1.82) is 0 Å². The van der Waals surface area contributed by atoms with Gasteiger partial charge in [-0.3, -0.25) is 4.79 Å². The molecule has 0 aromatic heterocycles. The Bertz CT molecular complexity index is 414. The third-order valence-electron chi connectivity index (χ3n) is 2.63. The molecule has 1 atom stereocenters. The number of rotatable bonds is 4. The fourth-order valence-electron chi connectivity index (χ4n) is 1.17. The maximum Gasteiger partial charge on any atom is 0.362 e. The summed E-state index contributed by atoms with van der Waals surface area (Å²) in [5, 5.41) is 0. The number of nitrogens with one attached hydrogen (secondary N) is 1. The largest absolute Gasteiger partial charge is 0.497 e. The van der Waals surface area contributed by atoms with E-state index in [1.54, 1.807) is 38.3 Å². The minimum atomic E-state index is -0.602. The van der Waals surface area contributed by atoms with Crippen LogP contribution in [-0.2, 0) is 9.63 Å². The molecule has 1 aromatic rings. The van der Waals surface area contributed by atoms with Gasteiger partial charge in [-0.05, 0) is 30.7 Å². The van der Waals surface area contributed by atoms with Gasteiger partial charge in [0, 0.05) is 5.92 Å². The van der Waals surface area contributed by atoms with Gasteiger partial charge in [0.2, 0.25) is 0 Å². The normalized spacial score (nSPS) is 11.5. The first-order valence-corrected chi connectivity index (χ1v) is 5.73. The highest BCUT2D eigenvalue weighted by molar-refractivity contribution is 5.90. The lowest BCUT2D eigenvalue weighted by molar-refractivity contribution is -0.133. The fourth-order valence-corrected chi connectivity index (χ4v) is 1.17. The zero-order valence-corrected chi connectivity index (χ0v) is 10.7. The first-order valence-electron chi connectivity index (χ1n) is 5.73. The van der Waals surface area contributed by atoms with E-state index >= 15 is 0 Å². The van der Waals surface area contributed by atoms with Crippen molar-refractivity contribution in [3.8, 4) is 5.75 Å². The van der Waals surface area contributed by atoms with E-state index in [4.69, 9.17) is 9.57 Å². The van der Waals surface area contributed by atoms with Gasteiger partial charge in [0.15, 0.2) is 0 Å². The van der Waals surface area contributed by atoms with Gasteiger partial charge in [0.1, 0.15) is 5.75 Å². The summed E-state index contributed by atoms with van der Waals surface area (Å²) in [5.41, 5.74) is 2.49. The van der Waals surface area contributed by atoms with Crippen molar-refractivity contribution >= 4 is 11.9 Å². The third-order valence-corrected chi connectivity index (χ3v) is 2.63. The molecule has 5 heteroatoms. The van der Waals surface area contributed by atoms with Crippen LogP contribution in [0, 0.1) is 5.92 Å². The number of carbonyl (C=O) groups excluding carboxylic acids is 2. The lowest BCUT2D eigenvalue weighted by Gasteiger charge is -2.09. The predicted molar refractivity (Wildman–Crippen MR) is 66.0 cm³/mol. The van der Waals surface area contributed by atoms with Crippen LogP contribution < -0.4 is 10.2 Å². The lowest BCUT2D eigenvalue weighted by atomic mass is 10.1. The Kier molecular flexibility index (Phi) is 5.17. The van der Waals surface area contributed by atoms with Crippen LogP contribution in [0.3, 0.4) is 0 Å². The zero-order valence-electron chi connectivity index (χ0n) is 10.7. The van der Waals surface area contributed by atoms with Crippen molar-refractivity contribution in [2.75, 3.05) is 7.11 Å². The molecule has 0 heterocycles. The second kappa shape index (κ2) is 6.64. The topological polar surface area (TPSA) is 64.6 Å². The van der Waals surface area contributed by atoms with Crippen molar-refractivity contribution in [1.82, 2.24) is 5.48 Å². The van der Waals surface area contributed by atoms with Crippen LogP contribution in [0.1, 0.15) is 30.6 Å². The molecule has 0 aliphatic carbocycles. The van der Waals surface area contributed by atoms with Crippen molar-refractivity contribution in [2.24, 2.45) is 5.92 Å². The SMILES string of the molecule is CCC(C)C(=O)NOC(=O)c1ccc(OC)cc1. The highest BCUT2D eigenvalue weighted by atomic mass is 16.7. The first kappa shape index (κ1) is 14.0. The van der Waals surface area contributed by atoms with Gasteiger partial charge in [-0.25, -0.2) is 4.79 Å². The Balaban J connectivity index is 2.52. The van der Waals surface area contributed by atoms with Crippen molar-refractivity contribution in [3.05, 3.63) is 29.8 Å². The molecule has 0 bridgehead atoms. The van der Waals surface area contributed by atoms with E-state index in [9.17, 15) is 9.59 Å². The average molecular weight is 251 g/mol. The standard InChI is InChI=1S/C13H17NO4/c1-4-9(2)12(15)14-18-13(16)10-5-7-11(17-3)8-6-10/h5-9H,4H2,1-3H3,(H,14,15). The van der Waals surface area contributed by atoms with Crippen molar-refractivity contribution in [2.45, 2.75) is 20.3 Å². The number of carbonyl (C=O) groups is 2. The molecule has 1 amide bonds. The molecule has 5 nitrogen and oxygen atoms in total. The molecule has 1 rings (SSSR count). The Labute approximate surface area is 106 Å². The van der Waals surface area contributed by atoms with Gasteiger partial charge in [0.05, 0.1) is 12.7 Å². The number of amides is 1. The number of methoxy groups -OCH3 is 1. The van der Waals surface area contributed by atoms with Crippen LogP contribution in [0.4, 0.5) is 0 Å². The summed E-state index contributed by atoms with van der Waals surface area (Å²) < 4.78 is 4.97. The van der Waals surface area contributed by atoms with E-state index in [0.29, 0.717) is 17.7 Å². The van der Waals surface area contributed by atoms with E-state index in [0.717, 1.165) is 0 Å².